The largest absolute Gasteiger partial charge is 0.379 e. The maximum absolute atomic E-state index is 13.4. The molecule has 1 heterocycles. The summed E-state index contributed by atoms with van der Waals surface area (Å²) in [6, 6.07) is 12.4. The number of amides is 2. The van der Waals surface area contributed by atoms with Gasteiger partial charge in [0.05, 0.1) is 25.3 Å². The Labute approximate surface area is 163 Å². The third-order valence-corrected chi connectivity index (χ3v) is 4.84. The van der Waals surface area contributed by atoms with Crippen molar-refractivity contribution in [3.63, 3.8) is 0 Å². The standard InChI is InChI=1S/C21H25F2N3O2/c1-15(17-7-8-18(22)19(23)13-17)24-21(27)25-20(16-5-3-2-4-6-16)14-26-9-11-28-12-10-26/h2-8,13,15,20H,9-12,14H2,1H3,(H2,24,25,27). The van der Waals surface area contributed by atoms with Gasteiger partial charge in [-0.25, -0.2) is 13.6 Å². The van der Waals surface area contributed by atoms with Crippen molar-refractivity contribution in [2.75, 3.05) is 32.8 Å². The van der Waals surface area contributed by atoms with E-state index in [-0.39, 0.29) is 12.1 Å². The van der Waals surface area contributed by atoms with Gasteiger partial charge in [0, 0.05) is 19.6 Å². The molecular formula is C21H25F2N3O2. The van der Waals surface area contributed by atoms with Crippen molar-refractivity contribution in [1.82, 2.24) is 15.5 Å². The second kappa shape index (κ2) is 9.61. The molecule has 0 bridgehead atoms. The lowest BCUT2D eigenvalue weighted by molar-refractivity contribution is 0.0339. The predicted octanol–water partition coefficient (Wildman–Crippen LogP) is 3.40. The molecule has 3 rings (SSSR count). The van der Waals surface area contributed by atoms with Crippen LogP contribution in [0.1, 0.15) is 30.1 Å². The van der Waals surface area contributed by atoms with Gasteiger partial charge in [-0.15, -0.1) is 0 Å². The zero-order chi connectivity index (χ0) is 19.9. The number of halogens is 2. The highest BCUT2D eigenvalue weighted by Crippen LogP contribution is 2.18. The fraction of sp³-hybridized carbons (Fsp3) is 0.381. The van der Waals surface area contributed by atoms with Gasteiger partial charge in [-0.1, -0.05) is 36.4 Å². The first-order chi connectivity index (χ1) is 13.5. The molecule has 2 aromatic carbocycles. The number of morpholine rings is 1. The number of carbonyl (C=O) groups excluding carboxylic acids is 1. The van der Waals surface area contributed by atoms with E-state index in [1.54, 1.807) is 6.92 Å². The van der Waals surface area contributed by atoms with Gasteiger partial charge in [0.25, 0.3) is 0 Å². The SMILES string of the molecule is CC(NC(=O)NC(CN1CCOCC1)c1ccccc1)c1ccc(F)c(F)c1. The molecule has 2 aromatic rings. The lowest BCUT2D eigenvalue weighted by Gasteiger charge is -2.31. The van der Waals surface area contributed by atoms with Crippen LogP contribution < -0.4 is 10.6 Å². The number of hydrogen-bond acceptors (Lipinski definition) is 3. The van der Waals surface area contributed by atoms with Gasteiger partial charge >= 0.3 is 6.03 Å². The number of carbonyl (C=O) groups is 1. The molecule has 1 aliphatic heterocycles. The van der Waals surface area contributed by atoms with Crippen molar-refractivity contribution >= 4 is 6.03 Å². The van der Waals surface area contributed by atoms with Crippen LogP contribution in [0.5, 0.6) is 0 Å². The van der Waals surface area contributed by atoms with Gasteiger partial charge in [-0.2, -0.15) is 0 Å². The molecule has 1 aliphatic rings. The molecule has 0 saturated carbocycles. The molecule has 0 aliphatic carbocycles. The monoisotopic (exact) mass is 389 g/mol. The number of ether oxygens (including phenoxy) is 1. The van der Waals surface area contributed by atoms with Crippen LogP contribution in [0.2, 0.25) is 0 Å². The van der Waals surface area contributed by atoms with Crippen molar-refractivity contribution in [2.45, 2.75) is 19.0 Å². The summed E-state index contributed by atoms with van der Waals surface area (Å²) < 4.78 is 32.0. The van der Waals surface area contributed by atoms with E-state index < -0.39 is 17.7 Å². The molecule has 1 fully saturated rings. The van der Waals surface area contributed by atoms with Crippen LogP contribution in [0.15, 0.2) is 48.5 Å². The van der Waals surface area contributed by atoms with E-state index in [0.717, 1.165) is 30.8 Å². The van der Waals surface area contributed by atoms with Crippen LogP contribution in [0.25, 0.3) is 0 Å². The minimum atomic E-state index is -0.930. The molecule has 1 saturated heterocycles. The Morgan fingerprint density at radius 2 is 1.75 bits per heavy atom. The van der Waals surface area contributed by atoms with Crippen molar-refractivity contribution in [1.29, 1.82) is 0 Å². The molecule has 150 valence electrons. The van der Waals surface area contributed by atoms with Crippen molar-refractivity contribution < 1.29 is 18.3 Å². The lowest BCUT2D eigenvalue weighted by Crippen LogP contribution is -2.46. The highest BCUT2D eigenvalue weighted by Gasteiger charge is 2.21. The van der Waals surface area contributed by atoms with E-state index in [4.69, 9.17) is 4.74 Å². The Hall–Kier alpha value is -2.51. The van der Waals surface area contributed by atoms with Crippen LogP contribution in [-0.4, -0.2) is 43.8 Å². The van der Waals surface area contributed by atoms with Gasteiger partial charge in [0.1, 0.15) is 0 Å². The summed E-state index contributed by atoms with van der Waals surface area (Å²) in [5.74, 6) is -1.84. The molecular weight excluding hydrogens is 364 g/mol. The van der Waals surface area contributed by atoms with E-state index >= 15 is 0 Å². The van der Waals surface area contributed by atoms with E-state index in [1.165, 1.54) is 6.07 Å². The Morgan fingerprint density at radius 1 is 1.04 bits per heavy atom. The Bertz CT molecular complexity index is 782. The second-order valence-corrected chi connectivity index (χ2v) is 6.89. The topological polar surface area (TPSA) is 53.6 Å². The van der Waals surface area contributed by atoms with Gasteiger partial charge in [0.15, 0.2) is 11.6 Å². The number of nitrogens with zero attached hydrogens (tertiary/aromatic N) is 1. The normalized spacial score (nSPS) is 17.0. The second-order valence-electron chi connectivity index (χ2n) is 6.89. The summed E-state index contributed by atoms with van der Waals surface area (Å²) in [6.45, 7) is 5.39. The van der Waals surface area contributed by atoms with E-state index in [9.17, 15) is 13.6 Å². The highest BCUT2D eigenvalue weighted by molar-refractivity contribution is 5.75. The van der Waals surface area contributed by atoms with E-state index in [1.807, 2.05) is 30.3 Å². The van der Waals surface area contributed by atoms with Gasteiger partial charge in [0.2, 0.25) is 0 Å². The van der Waals surface area contributed by atoms with Crippen LogP contribution in [0, 0.1) is 11.6 Å². The van der Waals surface area contributed by atoms with Crippen LogP contribution in [0.4, 0.5) is 13.6 Å². The summed E-state index contributed by atoms with van der Waals surface area (Å²) in [5, 5.41) is 5.80. The zero-order valence-corrected chi connectivity index (χ0v) is 15.8. The van der Waals surface area contributed by atoms with Crippen LogP contribution in [0.3, 0.4) is 0 Å². The molecule has 2 unspecified atom stereocenters. The van der Waals surface area contributed by atoms with Crippen LogP contribution in [-0.2, 0) is 4.74 Å². The average molecular weight is 389 g/mol. The van der Waals surface area contributed by atoms with Crippen molar-refractivity contribution in [2.24, 2.45) is 0 Å². The number of hydrogen-bond donors (Lipinski definition) is 2. The maximum atomic E-state index is 13.4. The quantitative estimate of drug-likeness (QED) is 0.796. The predicted molar refractivity (Wildman–Crippen MR) is 103 cm³/mol. The van der Waals surface area contributed by atoms with Gasteiger partial charge in [-0.3, -0.25) is 4.90 Å². The Kier molecular flexibility index (Phi) is 6.95. The summed E-state index contributed by atoms with van der Waals surface area (Å²) >= 11 is 0. The molecule has 2 atom stereocenters. The molecule has 0 spiro atoms. The average Bonchev–Trinajstić information content (AvgIpc) is 2.71. The summed E-state index contributed by atoms with van der Waals surface area (Å²) in [5.41, 5.74) is 1.50. The molecule has 2 amide bonds. The molecule has 28 heavy (non-hydrogen) atoms. The molecule has 2 N–H and O–H groups in total. The first-order valence-electron chi connectivity index (χ1n) is 9.40. The van der Waals surface area contributed by atoms with E-state index in [2.05, 4.69) is 15.5 Å². The minimum Gasteiger partial charge on any atom is -0.379 e. The summed E-state index contributed by atoms with van der Waals surface area (Å²) in [6.07, 6.45) is 0. The molecule has 5 nitrogen and oxygen atoms in total. The number of rotatable bonds is 6. The Morgan fingerprint density at radius 3 is 2.43 bits per heavy atom. The first kappa shape index (κ1) is 20.2. The minimum absolute atomic E-state index is 0.198. The lowest BCUT2D eigenvalue weighted by atomic mass is 10.1. The van der Waals surface area contributed by atoms with Crippen molar-refractivity contribution in [3.8, 4) is 0 Å². The summed E-state index contributed by atoms with van der Waals surface area (Å²) in [7, 11) is 0. The van der Waals surface area contributed by atoms with Crippen molar-refractivity contribution in [3.05, 3.63) is 71.3 Å². The molecule has 0 radical (unpaired) electrons. The number of nitrogens with one attached hydrogen (secondary N) is 2. The maximum Gasteiger partial charge on any atom is 0.315 e. The molecule has 0 aromatic heterocycles. The highest BCUT2D eigenvalue weighted by atomic mass is 19.2. The van der Waals surface area contributed by atoms with Crippen LogP contribution >= 0.6 is 0 Å². The zero-order valence-electron chi connectivity index (χ0n) is 15.8. The smallest absolute Gasteiger partial charge is 0.315 e. The first-order valence-corrected chi connectivity index (χ1v) is 9.40. The Balaban J connectivity index is 1.65. The number of benzene rings is 2. The van der Waals surface area contributed by atoms with Gasteiger partial charge in [-0.05, 0) is 30.2 Å². The third kappa shape index (κ3) is 5.50. The third-order valence-electron chi connectivity index (χ3n) is 4.84. The summed E-state index contributed by atoms with van der Waals surface area (Å²) in [4.78, 5) is 14.8. The fourth-order valence-corrected chi connectivity index (χ4v) is 3.22. The number of urea groups is 1. The fourth-order valence-electron chi connectivity index (χ4n) is 3.22. The van der Waals surface area contributed by atoms with Gasteiger partial charge < -0.3 is 15.4 Å². The molecule has 7 heteroatoms. The van der Waals surface area contributed by atoms with E-state index in [0.29, 0.717) is 25.3 Å².